The van der Waals surface area contributed by atoms with Crippen molar-refractivity contribution in [2.45, 2.75) is 20.3 Å². The molecule has 4 nitrogen and oxygen atoms in total. The average molecular weight is 236 g/mol. The van der Waals surface area contributed by atoms with Crippen molar-refractivity contribution in [3.63, 3.8) is 0 Å². The first-order chi connectivity index (χ1) is 8.04. The first-order valence-corrected chi connectivity index (χ1v) is 5.76. The summed E-state index contributed by atoms with van der Waals surface area (Å²) in [4.78, 5) is 13.1. The van der Waals surface area contributed by atoms with E-state index in [9.17, 15) is 4.79 Å². The van der Waals surface area contributed by atoms with Crippen molar-refractivity contribution in [3.8, 4) is 5.75 Å². The van der Waals surface area contributed by atoms with Crippen molar-refractivity contribution < 1.29 is 9.53 Å². The number of ether oxygens (including phenoxy) is 1. The number of nitrogens with one attached hydrogen (secondary N) is 1. The molecule has 0 spiro atoms. The molecule has 0 saturated carbocycles. The van der Waals surface area contributed by atoms with Crippen molar-refractivity contribution in [1.29, 1.82) is 0 Å². The van der Waals surface area contributed by atoms with Crippen molar-refractivity contribution in [2.75, 3.05) is 26.0 Å². The number of carbonyl (C=O) groups is 1. The summed E-state index contributed by atoms with van der Waals surface area (Å²) in [6.45, 7) is 4.69. The zero-order chi connectivity index (χ0) is 12.8. The third-order valence-electron chi connectivity index (χ3n) is 2.25. The molecule has 0 unspecified atom stereocenters. The third kappa shape index (κ3) is 3.98. The fourth-order valence-electron chi connectivity index (χ4n) is 1.29. The summed E-state index contributed by atoms with van der Waals surface area (Å²) in [6.07, 6.45) is 0.939. The Kier molecular flexibility index (Phi) is 4.82. The number of benzene rings is 1. The van der Waals surface area contributed by atoms with Gasteiger partial charge in [-0.1, -0.05) is 13.0 Å². The summed E-state index contributed by atoms with van der Waals surface area (Å²) in [6, 6.07) is 5.59. The van der Waals surface area contributed by atoms with Gasteiger partial charge in [0.2, 0.25) is 0 Å². The molecule has 0 heterocycles. The van der Waals surface area contributed by atoms with Crippen molar-refractivity contribution >= 4 is 11.7 Å². The molecule has 1 aromatic rings. The van der Waals surface area contributed by atoms with Crippen molar-refractivity contribution in [3.05, 3.63) is 23.8 Å². The van der Waals surface area contributed by atoms with E-state index in [0.717, 1.165) is 17.7 Å². The minimum absolute atomic E-state index is 0.157. The molecule has 0 saturated heterocycles. The number of amides is 2. The highest BCUT2D eigenvalue weighted by atomic mass is 16.5. The fourth-order valence-corrected chi connectivity index (χ4v) is 1.29. The van der Waals surface area contributed by atoms with E-state index in [4.69, 9.17) is 4.74 Å². The molecule has 0 aliphatic heterocycles. The SMILES string of the molecule is CCCOc1cc(C)ccc1NC(=O)N(C)C. The highest BCUT2D eigenvalue weighted by Crippen LogP contribution is 2.26. The van der Waals surface area contributed by atoms with Gasteiger partial charge in [0.25, 0.3) is 0 Å². The summed E-state index contributed by atoms with van der Waals surface area (Å²) in [5, 5.41) is 2.81. The van der Waals surface area contributed by atoms with E-state index in [1.54, 1.807) is 14.1 Å². The summed E-state index contributed by atoms with van der Waals surface area (Å²) >= 11 is 0. The second-order valence-corrected chi connectivity index (χ2v) is 4.17. The lowest BCUT2D eigenvalue weighted by Crippen LogP contribution is -2.27. The number of aryl methyl sites for hydroxylation is 1. The smallest absolute Gasteiger partial charge is 0.321 e. The number of anilines is 1. The Morgan fingerprint density at radius 3 is 2.71 bits per heavy atom. The standard InChI is InChI=1S/C13H20N2O2/c1-5-8-17-12-9-10(2)6-7-11(12)14-13(16)15(3)4/h6-7,9H,5,8H2,1-4H3,(H,14,16). The molecule has 17 heavy (non-hydrogen) atoms. The number of rotatable bonds is 4. The van der Waals surface area contributed by atoms with Gasteiger partial charge in [-0.05, 0) is 31.0 Å². The van der Waals surface area contributed by atoms with Gasteiger partial charge in [0.15, 0.2) is 0 Å². The predicted octanol–water partition coefficient (Wildman–Crippen LogP) is 2.88. The first-order valence-electron chi connectivity index (χ1n) is 5.76. The molecule has 94 valence electrons. The van der Waals surface area contributed by atoms with Crippen LogP contribution < -0.4 is 10.1 Å². The number of urea groups is 1. The van der Waals surface area contributed by atoms with E-state index in [1.807, 2.05) is 32.0 Å². The van der Waals surface area contributed by atoms with E-state index < -0.39 is 0 Å². The Labute approximate surface area is 103 Å². The molecule has 0 fully saturated rings. The minimum atomic E-state index is -0.157. The Balaban J connectivity index is 2.85. The van der Waals surface area contributed by atoms with Crippen LogP contribution >= 0.6 is 0 Å². The molecule has 0 aliphatic carbocycles. The van der Waals surface area contributed by atoms with E-state index in [1.165, 1.54) is 4.90 Å². The summed E-state index contributed by atoms with van der Waals surface area (Å²) in [5.41, 5.74) is 1.82. The van der Waals surface area contributed by atoms with Gasteiger partial charge in [-0.3, -0.25) is 0 Å². The normalized spacial score (nSPS) is 9.88. The lowest BCUT2D eigenvalue weighted by molar-refractivity contribution is 0.230. The lowest BCUT2D eigenvalue weighted by Gasteiger charge is -2.15. The van der Waals surface area contributed by atoms with Crippen LogP contribution in [0.2, 0.25) is 0 Å². The van der Waals surface area contributed by atoms with Crippen molar-refractivity contribution in [1.82, 2.24) is 4.90 Å². The van der Waals surface area contributed by atoms with Crippen molar-refractivity contribution in [2.24, 2.45) is 0 Å². The zero-order valence-corrected chi connectivity index (χ0v) is 10.9. The molecule has 0 radical (unpaired) electrons. The Morgan fingerprint density at radius 2 is 2.12 bits per heavy atom. The Bertz CT molecular complexity index is 389. The fraction of sp³-hybridized carbons (Fsp3) is 0.462. The van der Waals surface area contributed by atoms with Gasteiger partial charge in [-0.2, -0.15) is 0 Å². The molecule has 1 N–H and O–H groups in total. The molecule has 0 aromatic heterocycles. The molecule has 1 aromatic carbocycles. The Morgan fingerprint density at radius 1 is 1.41 bits per heavy atom. The van der Waals surface area contributed by atoms with Crippen LogP contribution in [-0.2, 0) is 0 Å². The van der Waals surface area contributed by atoms with Crippen LogP contribution in [0.4, 0.5) is 10.5 Å². The zero-order valence-electron chi connectivity index (χ0n) is 10.9. The van der Waals surface area contributed by atoms with Gasteiger partial charge in [0, 0.05) is 14.1 Å². The maximum Gasteiger partial charge on any atom is 0.321 e. The van der Waals surface area contributed by atoms with Gasteiger partial charge in [0.1, 0.15) is 5.75 Å². The molecular formula is C13H20N2O2. The van der Waals surface area contributed by atoms with Crippen LogP contribution in [0.3, 0.4) is 0 Å². The van der Waals surface area contributed by atoms with E-state index in [0.29, 0.717) is 12.3 Å². The van der Waals surface area contributed by atoms with Gasteiger partial charge in [-0.15, -0.1) is 0 Å². The molecule has 0 atom stereocenters. The highest BCUT2D eigenvalue weighted by molar-refractivity contribution is 5.90. The molecule has 4 heteroatoms. The molecule has 2 amide bonds. The molecular weight excluding hydrogens is 216 g/mol. The summed E-state index contributed by atoms with van der Waals surface area (Å²) in [5.74, 6) is 0.724. The van der Waals surface area contributed by atoms with Crippen LogP contribution in [0.15, 0.2) is 18.2 Å². The average Bonchev–Trinajstić information content (AvgIpc) is 2.29. The first kappa shape index (κ1) is 13.4. The number of carbonyl (C=O) groups excluding carboxylic acids is 1. The number of nitrogens with zero attached hydrogens (tertiary/aromatic N) is 1. The summed E-state index contributed by atoms with van der Waals surface area (Å²) in [7, 11) is 3.41. The number of hydrogen-bond donors (Lipinski definition) is 1. The number of hydrogen-bond acceptors (Lipinski definition) is 2. The second-order valence-electron chi connectivity index (χ2n) is 4.17. The topological polar surface area (TPSA) is 41.6 Å². The van der Waals surface area contributed by atoms with Gasteiger partial charge in [0.05, 0.1) is 12.3 Å². The van der Waals surface area contributed by atoms with Crippen LogP contribution in [-0.4, -0.2) is 31.6 Å². The molecule has 0 bridgehead atoms. The molecule has 1 rings (SSSR count). The maximum absolute atomic E-state index is 11.6. The lowest BCUT2D eigenvalue weighted by atomic mass is 10.2. The third-order valence-corrected chi connectivity index (χ3v) is 2.25. The van der Waals surface area contributed by atoms with Crippen LogP contribution in [0.5, 0.6) is 5.75 Å². The summed E-state index contributed by atoms with van der Waals surface area (Å²) < 4.78 is 5.61. The van der Waals surface area contributed by atoms with Crippen LogP contribution in [0.25, 0.3) is 0 Å². The minimum Gasteiger partial charge on any atom is -0.491 e. The van der Waals surface area contributed by atoms with Crippen LogP contribution in [0, 0.1) is 6.92 Å². The van der Waals surface area contributed by atoms with E-state index in [-0.39, 0.29) is 6.03 Å². The van der Waals surface area contributed by atoms with E-state index >= 15 is 0 Å². The monoisotopic (exact) mass is 236 g/mol. The second kappa shape index (κ2) is 6.13. The van der Waals surface area contributed by atoms with Gasteiger partial charge >= 0.3 is 6.03 Å². The molecule has 0 aliphatic rings. The van der Waals surface area contributed by atoms with Gasteiger partial charge < -0.3 is 15.0 Å². The van der Waals surface area contributed by atoms with Crippen LogP contribution in [0.1, 0.15) is 18.9 Å². The predicted molar refractivity (Wildman–Crippen MR) is 69.7 cm³/mol. The van der Waals surface area contributed by atoms with Gasteiger partial charge in [-0.25, -0.2) is 4.79 Å². The Hall–Kier alpha value is -1.71. The largest absolute Gasteiger partial charge is 0.491 e. The quantitative estimate of drug-likeness (QED) is 0.873. The maximum atomic E-state index is 11.6. The highest BCUT2D eigenvalue weighted by Gasteiger charge is 2.09. The van der Waals surface area contributed by atoms with E-state index in [2.05, 4.69) is 5.32 Å².